The first-order valence-electron chi connectivity index (χ1n) is 9.75. The summed E-state index contributed by atoms with van der Waals surface area (Å²) in [6, 6.07) is 18.2. The first-order chi connectivity index (χ1) is 15.1. The highest BCUT2D eigenvalue weighted by molar-refractivity contribution is 5.81. The van der Waals surface area contributed by atoms with Crippen molar-refractivity contribution in [1.82, 2.24) is 10.3 Å². The lowest BCUT2D eigenvalue weighted by atomic mass is 9.98. The second-order valence-electron chi connectivity index (χ2n) is 7.21. The van der Waals surface area contributed by atoms with Crippen LogP contribution in [0.1, 0.15) is 28.2 Å². The number of pyridine rings is 1. The molecule has 0 radical (unpaired) electrons. The lowest BCUT2D eigenvalue weighted by molar-refractivity contribution is -0.139. The fourth-order valence-corrected chi connectivity index (χ4v) is 3.90. The lowest BCUT2D eigenvalue weighted by Crippen LogP contribution is -2.43. The molecule has 1 amide bonds. The Kier molecular flexibility index (Phi) is 5.63. The summed E-state index contributed by atoms with van der Waals surface area (Å²) >= 11 is 0. The second kappa shape index (κ2) is 8.67. The van der Waals surface area contributed by atoms with Crippen LogP contribution in [-0.4, -0.2) is 34.8 Å². The van der Waals surface area contributed by atoms with Gasteiger partial charge in [-0.3, -0.25) is 4.98 Å². The van der Waals surface area contributed by atoms with Gasteiger partial charge in [0.15, 0.2) is 0 Å². The number of hydrogen-bond acceptors (Lipinski definition) is 5. The third-order valence-corrected chi connectivity index (χ3v) is 5.39. The smallest absolute Gasteiger partial charge is 0.407 e. The van der Waals surface area contributed by atoms with E-state index in [0.29, 0.717) is 5.56 Å². The number of amides is 1. The molecule has 1 aliphatic carbocycles. The minimum atomic E-state index is -1.23. The van der Waals surface area contributed by atoms with Gasteiger partial charge in [0.25, 0.3) is 0 Å². The zero-order valence-electron chi connectivity index (χ0n) is 16.5. The molecule has 1 aromatic heterocycles. The van der Waals surface area contributed by atoms with Crippen molar-refractivity contribution in [2.45, 2.75) is 18.4 Å². The Bertz CT molecular complexity index is 1140. The molecule has 0 fully saturated rings. The summed E-state index contributed by atoms with van der Waals surface area (Å²) in [6.45, 7) is 0.0882. The Hall–Kier alpha value is -4.18. The predicted molar refractivity (Wildman–Crippen MR) is 112 cm³/mol. The summed E-state index contributed by atoms with van der Waals surface area (Å²) in [5.74, 6) is -1.33. The van der Waals surface area contributed by atoms with Gasteiger partial charge in [-0.2, -0.15) is 5.26 Å². The number of nitrogens with zero attached hydrogens (tertiary/aromatic N) is 2. The highest BCUT2D eigenvalue weighted by Crippen LogP contribution is 2.44. The Balaban J connectivity index is 1.45. The van der Waals surface area contributed by atoms with Crippen LogP contribution >= 0.6 is 0 Å². The average molecular weight is 413 g/mol. The van der Waals surface area contributed by atoms with E-state index in [1.165, 1.54) is 12.4 Å². The van der Waals surface area contributed by atoms with Crippen molar-refractivity contribution in [2.24, 2.45) is 0 Å². The SMILES string of the molecule is N#Cc1cnccc1C[C@H](NC(=O)OCC1c2ccccc2-c2ccccc21)C(=O)O. The Morgan fingerprint density at radius 3 is 2.35 bits per heavy atom. The van der Waals surface area contributed by atoms with Gasteiger partial charge < -0.3 is 15.2 Å². The average Bonchev–Trinajstić information content (AvgIpc) is 3.11. The number of carbonyl (C=O) groups excluding carboxylic acids is 1. The molecule has 0 spiro atoms. The van der Waals surface area contributed by atoms with Crippen LogP contribution in [0.3, 0.4) is 0 Å². The van der Waals surface area contributed by atoms with Gasteiger partial charge in [-0.15, -0.1) is 0 Å². The van der Waals surface area contributed by atoms with Gasteiger partial charge in [0.05, 0.1) is 5.56 Å². The number of carboxylic acids is 1. The molecule has 1 atom stereocenters. The number of carboxylic acid groups (broad SMARTS) is 1. The van der Waals surface area contributed by atoms with E-state index in [1.807, 2.05) is 54.6 Å². The number of aromatic nitrogens is 1. The van der Waals surface area contributed by atoms with Crippen LogP contribution in [0.4, 0.5) is 4.79 Å². The molecule has 2 N–H and O–H groups in total. The number of nitriles is 1. The van der Waals surface area contributed by atoms with Gasteiger partial charge in [0.1, 0.15) is 18.7 Å². The van der Waals surface area contributed by atoms with Gasteiger partial charge in [-0.1, -0.05) is 48.5 Å². The van der Waals surface area contributed by atoms with Crippen molar-refractivity contribution in [3.05, 3.63) is 89.2 Å². The van der Waals surface area contributed by atoms with Gasteiger partial charge in [0, 0.05) is 24.7 Å². The summed E-state index contributed by atoms with van der Waals surface area (Å²) in [6.07, 6.45) is 1.97. The first-order valence-corrected chi connectivity index (χ1v) is 9.75. The zero-order valence-corrected chi connectivity index (χ0v) is 16.5. The highest BCUT2D eigenvalue weighted by atomic mass is 16.5. The maximum atomic E-state index is 12.4. The van der Waals surface area contributed by atoms with Crippen LogP contribution in [0.2, 0.25) is 0 Å². The monoisotopic (exact) mass is 413 g/mol. The third-order valence-electron chi connectivity index (χ3n) is 5.39. The zero-order chi connectivity index (χ0) is 21.8. The molecule has 7 heteroatoms. The maximum absolute atomic E-state index is 12.4. The number of rotatable bonds is 6. The minimum Gasteiger partial charge on any atom is -0.480 e. The van der Waals surface area contributed by atoms with Gasteiger partial charge >= 0.3 is 12.1 Å². The largest absolute Gasteiger partial charge is 0.480 e. The summed E-state index contributed by atoms with van der Waals surface area (Å²) in [5, 5.41) is 21.1. The summed E-state index contributed by atoms with van der Waals surface area (Å²) in [7, 11) is 0. The van der Waals surface area contributed by atoms with E-state index < -0.39 is 18.1 Å². The standard InChI is InChI=1S/C24H19N3O4/c25-12-16-13-26-10-9-15(16)11-22(23(28)29)27-24(30)31-14-21-19-7-3-1-5-17(19)18-6-2-4-8-20(18)21/h1-10,13,21-22H,11,14H2,(H,27,30)(H,28,29)/t22-/m0/s1. The number of hydrogen-bond donors (Lipinski definition) is 2. The molecule has 0 aliphatic heterocycles. The Labute approximate surface area is 178 Å². The van der Waals surface area contributed by atoms with E-state index in [0.717, 1.165) is 22.3 Å². The summed E-state index contributed by atoms with van der Waals surface area (Å²) < 4.78 is 5.42. The molecular formula is C24H19N3O4. The van der Waals surface area contributed by atoms with Crippen molar-refractivity contribution in [2.75, 3.05) is 6.61 Å². The second-order valence-corrected chi connectivity index (χ2v) is 7.21. The highest BCUT2D eigenvalue weighted by Gasteiger charge is 2.30. The van der Waals surface area contributed by atoms with E-state index in [2.05, 4.69) is 10.3 Å². The molecule has 1 aliphatic rings. The number of fused-ring (bicyclic) bond motifs is 3. The van der Waals surface area contributed by atoms with Crippen molar-refractivity contribution in [1.29, 1.82) is 5.26 Å². The molecule has 0 saturated heterocycles. The van der Waals surface area contributed by atoms with Crippen LogP contribution in [0, 0.1) is 11.3 Å². The predicted octanol–water partition coefficient (Wildman–Crippen LogP) is 3.49. The Morgan fingerprint density at radius 2 is 1.74 bits per heavy atom. The molecule has 1 heterocycles. The number of benzene rings is 2. The lowest BCUT2D eigenvalue weighted by Gasteiger charge is -2.18. The van der Waals surface area contributed by atoms with Gasteiger partial charge in [-0.05, 0) is 33.9 Å². The number of carbonyl (C=O) groups is 2. The minimum absolute atomic E-state index is 0.0507. The van der Waals surface area contributed by atoms with Crippen LogP contribution in [0.25, 0.3) is 11.1 Å². The summed E-state index contributed by atoms with van der Waals surface area (Å²) in [5.41, 5.74) is 5.12. The topological polar surface area (TPSA) is 112 Å². The van der Waals surface area contributed by atoms with Crippen LogP contribution in [0.15, 0.2) is 67.0 Å². The van der Waals surface area contributed by atoms with E-state index in [9.17, 15) is 14.7 Å². The van der Waals surface area contributed by atoms with E-state index in [4.69, 9.17) is 10.00 Å². The molecule has 0 unspecified atom stereocenters. The molecule has 7 nitrogen and oxygen atoms in total. The number of nitrogens with one attached hydrogen (secondary N) is 1. The van der Waals surface area contributed by atoms with Crippen molar-refractivity contribution < 1.29 is 19.4 Å². The molecule has 0 bridgehead atoms. The van der Waals surface area contributed by atoms with Crippen LogP contribution in [0.5, 0.6) is 0 Å². The summed E-state index contributed by atoms with van der Waals surface area (Å²) in [4.78, 5) is 27.9. The fraction of sp³-hybridized carbons (Fsp3) is 0.167. The van der Waals surface area contributed by atoms with E-state index in [-0.39, 0.29) is 24.5 Å². The quantitative estimate of drug-likeness (QED) is 0.640. The van der Waals surface area contributed by atoms with E-state index in [1.54, 1.807) is 6.07 Å². The van der Waals surface area contributed by atoms with Crippen molar-refractivity contribution in [3.8, 4) is 17.2 Å². The third kappa shape index (κ3) is 4.09. The van der Waals surface area contributed by atoms with E-state index >= 15 is 0 Å². The maximum Gasteiger partial charge on any atom is 0.407 e. The molecule has 3 aromatic rings. The van der Waals surface area contributed by atoms with Crippen molar-refractivity contribution in [3.63, 3.8) is 0 Å². The molecule has 4 rings (SSSR count). The van der Waals surface area contributed by atoms with Crippen molar-refractivity contribution >= 4 is 12.1 Å². The molecular weight excluding hydrogens is 394 g/mol. The first kappa shape index (κ1) is 20.1. The number of ether oxygens (including phenoxy) is 1. The molecule has 2 aromatic carbocycles. The Morgan fingerprint density at radius 1 is 1.10 bits per heavy atom. The van der Waals surface area contributed by atoms with Gasteiger partial charge in [0.2, 0.25) is 0 Å². The van der Waals surface area contributed by atoms with Crippen LogP contribution < -0.4 is 5.32 Å². The molecule has 154 valence electrons. The number of aliphatic carboxylic acids is 1. The molecule has 31 heavy (non-hydrogen) atoms. The molecule has 0 saturated carbocycles. The normalized spacial score (nSPS) is 12.9. The van der Waals surface area contributed by atoms with Crippen LogP contribution in [-0.2, 0) is 16.0 Å². The number of alkyl carbamates (subject to hydrolysis) is 1. The van der Waals surface area contributed by atoms with Gasteiger partial charge in [-0.25, -0.2) is 9.59 Å². The fourth-order valence-electron chi connectivity index (χ4n) is 3.90.